The molecular weight excluding hydrogens is 268 g/mol. The molecule has 0 aliphatic carbocycles. The Labute approximate surface area is 129 Å². The molecule has 5 heteroatoms. The zero-order chi connectivity index (χ0) is 15.5. The largest absolute Gasteiger partial charge is 0.393 e. The van der Waals surface area contributed by atoms with Crippen LogP contribution in [0.3, 0.4) is 0 Å². The summed E-state index contributed by atoms with van der Waals surface area (Å²) in [5, 5.41) is 23.0. The molecule has 3 atom stereocenters. The van der Waals surface area contributed by atoms with Crippen molar-refractivity contribution >= 4 is 0 Å². The molecule has 0 amide bonds. The van der Waals surface area contributed by atoms with Crippen molar-refractivity contribution in [1.82, 2.24) is 10.2 Å². The van der Waals surface area contributed by atoms with E-state index in [4.69, 9.17) is 4.74 Å². The van der Waals surface area contributed by atoms with Gasteiger partial charge in [-0.15, -0.1) is 0 Å². The Balaban J connectivity index is 2.17. The van der Waals surface area contributed by atoms with E-state index in [-0.39, 0.29) is 12.0 Å². The molecule has 0 aromatic heterocycles. The Hall–Kier alpha value is -0.200. The van der Waals surface area contributed by atoms with E-state index >= 15 is 0 Å². The number of rotatable bonds is 11. The Morgan fingerprint density at radius 1 is 1.19 bits per heavy atom. The van der Waals surface area contributed by atoms with Gasteiger partial charge in [0.05, 0.1) is 19.3 Å². The average Bonchev–Trinajstić information content (AvgIpc) is 2.48. The monoisotopic (exact) mass is 302 g/mol. The fourth-order valence-corrected chi connectivity index (χ4v) is 2.85. The van der Waals surface area contributed by atoms with E-state index in [2.05, 4.69) is 17.1 Å². The van der Waals surface area contributed by atoms with Crippen molar-refractivity contribution in [2.45, 2.75) is 58.3 Å². The van der Waals surface area contributed by atoms with Crippen LogP contribution >= 0.6 is 0 Å². The second-order valence-electron chi connectivity index (χ2n) is 6.19. The summed E-state index contributed by atoms with van der Waals surface area (Å²) in [4.78, 5) is 2.40. The molecule has 21 heavy (non-hydrogen) atoms. The van der Waals surface area contributed by atoms with Gasteiger partial charge in [-0.3, -0.25) is 10.2 Å². The van der Waals surface area contributed by atoms with Crippen LogP contribution in [0, 0.1) is 5.92 Å². The number of aliphatic hydroxyl groups is 2. The zero-order valence-electron chi connectivity index (χ0n) is 13.8. The molecule has 1 saturated heterocycles. The molecule has 1 rings (SSSR count). The van der Waals surface area contributed by atoms with E-state index in [1.165, 1.54) is 0 Å². The molecule has 3 unspecified atom stereocenters. The van der Waals surface area contributed by atoms with Crippen LogP contribution in [0.5, 0.6) is 0 Å². The Kier molecular flexibility index (Phi) is 10.2. The molecular formula is C16H34N2O3. The van der Waals surface area contributed by atoms with Gasteiger partial charge in [0.2, 0.25) is 0 Å². The lowest BCUT2D eigenvalue weighted by Gasteiger charge is -2.28. The van der Waals surface area contributed by atoms with Crippen LogP contribution < -0.4 is 5.32 Å². The summed E-state index contributed by atoms with van der Waals surface area (Å²) < 4.78 is 5.33. The van der Waals surface area contributed by atoms with Gasteiger partial charge in [-0.2, -0.15) is 0 Å². The van der Waals surface area contributed by atoms with Crippen molar-refractivity contribution < 1.29 is 14.9 Å². The van der Waals surface area contributed by atoms with Crippen LogP contribution in [0.2, 0.25) is 0 Å². The Morgan fingerprint density at radius 2 is 1.90 bits per heavy atom. The van der Waals surface area contributed by atoms with E-state index in [0.717, 1.165) is 65.1 Å². The second kappa shape index (κ2) is 11.4. The minimum atomic E-state index is -0.504. The van der Waals surface area contributed by atoms with Gasteiger partial charge in [0.1, 0.15) is 6.23 Å². The number of hydrogen-bond acceptors (Lipinski definition) is 5. The maximum atomic E-state index is 10.3. The van der Waals surface area contributed by atoms with Gasteiger partial charge in [0.25, 0.3) is 0 Å². The van der Waals surface area contributed by atoms with Gasteiger partial charge in [-0.1, -0.05) is 19.8 Å². The van der Waals surface area contributed by atoms with E-state index in [1.807, 2.05) is 0 Å². The fraction of sp³-hybridized carbons (Fsp3) is 1.00. The van der Waals surface area contributed by atoms with Gasteiger partial charge in [0, 0.05) is 19.0 Å². The molecule has 5 nitrogen and oxygen atoms in total. The highest BCUT2D eigenvalue weighted by Crippen LogP contribution is 2.18. The molecule has 0 spiro atoms. The van der Waals surface area contributed by atoms with Gasteiger partial charge in [-0.25, -0.2) is 0 Å². The average molecular weight is 302 g/mol. The van der Waals surface area contributed by atoms with Crippen LogP contribution in [0.25, 0.3) is 0 Å². The van der Waals surface area contributed by atoms with Gasteiger partial charge in [-0.05, 0) is 39.3 Å². The van der Waals surface area contributed by atoms with Crippen molar-refractivity contribution in [3.63, 3.8) is 0 Å². The highest BCUT2D eigenvalue weighted by molar-refractivity contribution is 4.71. The first kappa shape index (κ1) is 18.8. The van der Waals surface area contributed by atoms with E-state index in [1.54, 1.807) is 6.92 Å². The molecule has 0 bridgehead atoms. The predicted molar refractivity (Wildman–Crippen MR) is 85.2 cm³/mol. The van der Waals surface area contributed by atoms with Crippen LogP contribution in [-0.2, 0) is 4.74 Å². The Bertz CT molecular complexity index is 246. The van der Waals surface area contributed by atoms with Crippen molar-refractivity contribution in [2.24, 2.45) is 5.92 Å². The lowest BCUT2D eigenvalue weighted by atomic mass is 9.94. The molecule has 126 valence electrons. The highest BCUT2D eigenvalue weighted by Gasteiger charge is 2.20. The van der Waals surface area contributed by atoms with Crippen molar-refractivity contribution in [3.05, 3.63) is 0 Å². The molecule has 3 N–H and O–H groups in total. The third-order valence-corrected chi connectivity index (χ3v) is 4.13. The third kappa shape index (κ3) is 8.73. The first-order chi connectivity index (χ1) is 10.1. The SMILES string of the molecule is CCCCC(CC(C)O)C(O)NCCCN1CCOCC1. The summed E-state index contributed by atoms with van der Waals surface area (Å²) in [5.41, 5.74) is 0. The molecule has 0 aromatic carbocycles. The minimum absolute atomic E-state index is 0.147. The van der Waals surface area contributed by atoms with E-state index < -0.39 is 6.23 Å². The van der Waals surface area contributed by atoms with Crippen molar-refractivity contribution in [2.75, 3.05) is 39.4 Å². The summed E-state index contributed by atoms with van der Waals surface area (Å²) >= 11 is 0. The first-order valence-corrected chi connectivity index (χ1v) is 8.53. The van der Waals surface area contributed by atoms with E-state index in [0.29, 0.717) is 6.42 Å². The fourth-order valence-electron chi connectivity index (χ4n) is 2.85. The topological polar surface area (TPSA) is 65.0 Å². The van der Waals surface area contributed by atoms with Crippen LogP contribution in [-0.4, -0.2) is 66.8 Å². The van der Waals surface area contributed by atoms with Gasteiger partial charge >= 0.3 is 0 Å². The maximum absolute atomic E-state index is 10.3. The van der Waals surface area contributed by atoms with Crippen LogP contribution in [0.4, 0.5) is 0 Å². The summed E-state index contributed by atoms with van der Waals surface area (Å²) in [5.74, 6) is 0.147. The number of nitrogens with zero attached hydrogens (tertiary/aromatic N) is 1. The number of morpholine rings is 1. The molecule has 0 saturated carbocycles. The van der Waals surface area contributed by atoms with Crippen molar-refractivity contribution in [1.29, 1.82) is 0 Å². The molecule has 1 aliphatic rings. The third-order valence-electron chi connectivity index (χ3n) is 4.13. The summed E-state index contributed by atoms with van der Waals surface area (Å²) in [6.07, 6.45) is 4.04. The molecule has 0 radical (unpaired) electrons. The lowest BCUT2D eigenvalue weighted by Crippen LogP contribution is -2.40. The lowest BCUT2D eigenvalue weighted by molar-refractivity contribution is 0.0299. The van der Waals surface area contributed by atoms with Crippen LogP contribution in [0.1, 0.15) is 46.0 Å². The number of ether oxygens (including phenoxy) is 1. The van der Waals surface area contributed by atoms with E-state index in [9.17, 15) is 10.2 Å². The normalized spacial score (nSPS) is 21.1. The molecule has 0 aromatic rings. The number of unbranched alkanes of at least 4 members (excludes halogenated alkanes) is 1. The second-order valence-corrected chi connectivity index (χ2v) is 6.19. The quantitative estimate of drug-likeness (QED) is 0.395. The number of aliphatic hydroxyl groups excluding tert-OH is 2. The van der Waals surface area contributed by atoms with Gasteiger partial charge < -0.3 is 14.9 Å². The van der Waals surface area contributed by atoms with Gasteiger partial charge in [0.15, 0.2) is 0 Å². The predicted octanol–water partition coefficient (Wildman–Crippen LogP) is 1.19. The molecule has 1 aliphatic heterocycles. The number of hydrogen-bond donors (Lipinski definition) is 3. The molecule has 1 heterocycles. The highest BCUT2D eigenvalue weighted by atomic mass is 16.5. The minimum Gasteiger partial charge on any atom is -0.393 e. The Morgan fingerprint density at radius 3 is 2.52 bits per heavy atom. The standard InChI is InChI=1S/C16H34N2O3/c1-3-4-6-15(13-14(2)19)16(20)17-7-5-8-18-9-11-21-12-10-18/h14-17,19-20H,3-13H2,1-2H3. The van der Waals surface area contributed by atoms with Crippen molar-refractivity contribution in [3.8, 4) is 0 Å². The zero-order valence-corrected chi connectivity index (χ0v) is 13.8. The smallest absolute Gasteiger partial charge is 0.107 e. The summed E-state index contributed by atoms with van der Waals surface area (Å²) in [6.45, 7) is 9.53. The summed E-state index contributed by atoms with van der Waals surface area (Å²) in [7, 11) is 0. The van der Waals surface area contributed by atoms with Crippen LogP contribution in [0.15, 0.2) is 0 Å². The number of nitrogens with one attached hydrogen (secondary N) is 1. The summed E-state index contributed by atoms with van der Waals surface area (Å²) in [6, 6.07) is 0. The maximum Gasteiger partial charge on any atom is 0.107 e. The first-order valence-electron chi connectivity index (χ1n) is 8.53. The molecule has 1 fully saturated rings.